The lowest BCUT2D eigenvalue weighted by atomic mass is 9.98. The maximum atomic E-state index is 14.3. The first kappa shape index (κ1) is 14.1. The SMILES string of the molecule is Cc1cc(F)c(-c2cc(C(N)=O)nc3ccccc23)c(F)c1. The van der Waals surface area contributed by atoms with Crippen molar-refractivity contribution in [2.45, 2.75) is 6.92 Å². The van der Waals surface area contributed by atoms with Crippen LogP contribution in [-0.4, -0.2) is 10.9 Å². The molecule has 3 aromatic rings. The van der Waals surface area contributed by atoms with Crippen LogP contribution < -0.4 is 5.73 Å². The zero-order valence-corrected chi connectivity index (χ0v) is 11.7. The topological polar surface area (TPSA) is 56.0 Å². The van der Waals surface area contributed by atoms with Crippen LogP contribution in [0.3, 0.4) is 0 Å². The number of carbonyl (C=O) groups is 1. The van der Waals surface area contributed by atoms with Gasteiger partial charge >= 0.3 is 0 Å². The predicted octanol–water partition coefficient (Wildman–Crippen LogP) is 3.59. The van der Waals surface area contributed by atoms with E-state index < -0.39 is 17.5 Å². The Kier molecular flexibility index (Phi) is 3.33. The lowest BCUT2D eigenvalue weighted by Gasteiger charge is -2.11. The number of nitrogens with zero attached hydrogens (tertiary/aromatic N) is 1. The van der Waals surface area contributed by atoms with Crippen LogP contribution in [0.4, 0.5) is 8.78 Å². The minimum Gasteiger partial charge on any atom is -0.364 e. The van der Waals surface area contributed by atoms with Gasteiger partial charge in [-0.15, -0.1) is 0 Å². The van der Waals surface area contributed by atoms with Crippen molar-refractivity contribution in [1.29, 1.82) is 0 Å². The number of halogens is 2. The van der Waals surface area contributed by atoms with Crippen molar-refractivity contribution in [3.05, 3.63) is 65.4 Å². The Morgan fingerprint density at radius 3 is 2.36 bits per heavy atom. The van der Waals surface area contributed by atoms with Gasteiger partial charge in [0, 0.05) is 5.39 Å². The van der Waals surface area contributed by atoms with Crippen LogP contribution in [-0.2, 0) is 0 Å². The molecule has 0 fully saturated rings. The molecule has 0 spiro atoms. The zero-order valence-electron chi connectivity index (χ0n) is 11.7. The highest BCUT2D eigenvalue weighted by Gasteiger charge is 2.17. The van der Waals surface area contributed by atoms with Crippen LogP contribution in [0.15, 0.2) is 42.5 Å². The van der Waals surface area contributed by atoms with Crippen LogP contribution in [0.5, 0.6) is 0 Å². The van der Waals surface area contributed by atoms with Gasteiger partial charge in [0.25, 0.3) is 5.91 Å². The fraction of sp³-hybridized carbons (Fsp3) is 0.0588. The first-order valence-electron chi connectivity index (χ1n) is 6.63. The third-order valence-electron chi connectivity index (χ3n) is 3.42. The summed E-state index contributed by atoms with van der Waals surface area (Å²) in [6.45, 7) is 1.61. The highest BCUT2D eigenvalue weighted by molar-refractivity contribution is 6.00. The number of primary amides is 1. The third-order valence-corrected chi connectivity index (χ3v) is 3.42. The van der Waals surface area contributed by atoms with Crippen molar-refractivity contribution < 1.29 is 13.6 Å². The molecule has 2 aromatic carbocycles. The van der Waals surface area contributed by atoms with Gasteiger partial charge in [0.2, 0.25) is 0 Å². The number of hydrogen-bond donors (Lipinski definition) is 1. The van der Waals surface area contributed by atoms with Crippen LogP contribution >= 0.6 is 0 Å². The van der Waals surface area contributed by atoms with E-state index in [4.69, 9.17) is 5.73 Å². The molecule has 0 unspecified atom stereocenters. The molecule has 1 heterocycles. The largest absolute Gasteiger partial charge is 0.364 e. The molecular weight excluding hydrogens is 286 g/mol. The van der Waals surface area contributed by atoms with Crippen molar-refractivity contribution >= 4 is 16.8 Å². The molecule has 0 saturated heterocycles. The first-order chi connectivity index (χ1) is 10.5. The van der Waals surface area contributed by atoms with Crippen LogP contribution in [0.25, 0.3) is 22.0 Å². The standard InChI is InChI=1S/C17H12F2N2O/c1-9-6-12(18)16(13(19)7-9)11-8-15(17(20)22)21-14-5-3-2-4-10(11)14/h2-8H,1H3,(H2,20,22). The average molecular weight is 298 g/mol. The minimum atomic E-state index is -0.750. The Bertz CT molecular complexity index is 883. The van der Waals surface area contributed by atoms with E-state index >= 15 is 0 Å². The van der Waals surface area contributed by atoms with Gasteiger partial charge < -0.3 is 5.73 Å². The number of nitrogens with two attached hydrogens (primary N) is 1. The van der Waals surface area contributed by atoms with Gasteiger partial charge in [0.15, 0.2) is 0 Å². The maximum Gasteiger partial charge on any atom is 0.267 e. The second-order valence-electron chi connectivity index (χ2n) is 5.04. The third kappa shape index (κ3) is 2.30. The Hall–Kier alpha value is -2.82. The normalized spacial score (nSPS) is 10.9. The summed E-state index contributed by atoms with van der Waals surface area (Å²) in [6.07, 6.45) is 0. The number of hydrogen-bond acceptors (Lipinski definition) is 2. The van der Waals surface area contributed by atoms with Gasteiger partial charge in [0.05, 0.1) is 11.1 Å². The van der Waals surface area contributed by atoms with Crippen LogP contribution in [0.1, 0.15) is 16.1 Å². The lowest BCUT2D eigenvalue weighted by Crippen LogP contribution is -2.13. The number of fused-ring (bicyclic) bond motifs is 1. The van der Waals surface area contributed by atoms with E-state index in [9.17, 15) is 13.6 Å². The molecule has 0 aliphatic carbocycles. The van der Waals surface area contributed by atoms with Crippen molar-refractivity contribution in [2.75, 3.05) is 0 Å². The maximum absolute atomic E-state index is 14.3. The summed E-state index contributed by atoms with van der Waals surface area (Å²) in [5.41, 5.74) is 6.23. The van der Waals surface area contributed by atoms with Crippen molar-refractivity contribution in [3.8, 4) is 11.1 Å². The van der Waals surface area contributed by atoms with E-state index in [1.54, 1.807) is 31.2 Å². The van der Waals surface area contributed by atoms with E-state index in [0.29, 0.717) is 16.5 Å². The first-order valence-corrected chi connectivity index (χ1v) is 6.63. The molecule has 110 valence electrons. The molecule has 0 saturated carbocycles. The molecule has 5 heteroatoms. The molecule has 2 N–H and O–H groups in total. The Labute approximate surface area is 125 Å². The van der Waals surface area contributed by atoms with E-state index in [1.165, 1.54) is 18.2 Å². The Morgan fingerprint density at radius 2 is 1.73 bits per heavy atom. The van der Waals surface area contributed by atoms with E-state index in [2.05, 4.69) is 4.98 Å². The van der Waals surface area contributed by atoms with Crippen LogP contribution in [0.2, 0.25) is 0 Å². The summed E-state index contributed by atoms with van der Waals surface area (Å²) in [5.74, 6) is -2.13. The van der Waals surface area contributed by atoms with E-state index in [0.717, 1.165) is 0 Å². The highest BCUT2D eigenvalue weighted by Crippen LogP contribution is 2.33. The fourth-order valence-electron chi connectivity index (χ4n) is 2.47. The monoisotopic (exact) mass is 298 g/mol. The number of benzene rings is 2. The molecule has 22 heavy (non-hydrogen) atoms. The number of aromatic nitrogens is 1. The lowest BCUT2D eigenvalue weighted by molar-refractivity contribution is 0.0996. The van der Waals surface area contributed by atoms with Crippen molar-refractivity contribution in [2.24, 2.45) is 5.73 Å². The Morgan fingerprint density at radius 1 is 1.09 bits per heavy atom. The number of pyridine rings is 1. The van der Waals surface area contributed by atoms with Gasteiger partial charge in [-0.25, -0.2) is 13.8 Å². The van der Waals surface area contributed by atoms with Gasteiger partial charge in [0.1, 0.15) is 17.3 Å². The number of aryl methyl sites for hydroxylation is 1. The number of para-hydroxylation sites is 1. The van der Waals surface area contributed by atoms with Gasteiger partial charge in [-0.05, 0) is 42.3 Å². The molecule has 1 aromatic heterocycles. The number of carbonyl (C=O) groups excluding carboxylic acids is 1. The predicted molar refractivity (Wildman–Crippen MR) is 80.3 cm³/mol. The summed E-state index contributed by atoms with van der Waals surface area (Å²) in [6, 6.07) is 10.6. The summed E-state index contributed by atoms with van der Waals surface area (Å²) < 4.78 is 28.6. The summed E-state index contributed by atoms with van der Waals surface area (Å²) >= 11 is 0. The Balaban J connectivity index is 2.42. The summed E-state index contributed by atoms with van der Waals surface area (Å²) in [5, 5.41) is 0.550. The van der Waals surface area contributed by atoms with Crippen LogP contribution in [0, 0.1) is 18.6 Å². The fourth-order valence-corrected chi connectivity index (χ4v) is 2.47. The molecule has 0 aliphatic heterocycles. The average Bonchev–Trinajstić information content (AvgIpc) is 2.45. The molecule has 1 amide bonds. The summed E-state index contributed by atoms with van der Waals surface area (Å²) in [7, 11) is 0. The second kappa shape index (κ2) is 5.18. The van der Waals surface area contributed by atoms with Gasteiger partial charge in [-0.2, -0.15) is 0 Å². The minimum absolute atomic E-state index is 0.0342. The molecule has 0 aliphatic rings. The second-order valence-corrected chi connectivity index (χ2v) is 5.04. The smallest absolute Gasteiger partial charge is 0.267 e. The molecule has 0 bridgehead atoms. The van der Waals surface area contributed by atoms with E-state index in [1.807, 2.05) is 0 Å². The summed E-state index contributed by atoms with van der Waals surface area (Å²) in [4.78, 5) is 15.5. The molecule has 3 nitrogen and oxygen atoms in total. The molecular formula is C17H12F2N2O. The number of amides is 1. The van der Waals surface area contributed by atoms with E-state index in [-0.39, 0.29) is 16.8 Å². The van der Waals surface area contributed by atoms with Crippen molar-refractivity contribution in [1.82, 2.24) is 4.98 Å². The zero-order chi connectivity index (χ0) is 15.9. The number of rotatable bonds is 2. The van der Waals surface area contributed by atoms with Crippen molar-refractivity contribution in [3.63, 3.8) is 0 Å². The van der Waals surface area contributed by atoms with Gasteiger partial charge in [-0.3, -0.25) is 4.79 Å². The quantitative estimate of drug-likeness (QED) is 0.786. The molecule has 3 rings (SSSR count). The van der Waals surface area contributed by atoms with Gasteiger partial charge in [-0.1, -0.05) is 18.2 Å². The highest BCUT2D eigenvalue weighted by atomic mass is 19.1. The molecule has 0 radical (unpaired) electrons. The molecule has 0 atom stereocenters.